The van der Waals surface area contributed by atoms with Crippen molar-refractivity contribution >= 4 is 28.4 Å². The summed E-state index contributed by atoms with van der Waals surface area (Å²) in [5.74, 6) is -1.28. The molecule has 1 amide bonds. The number of aromatic carboxylic acids is 1. The fourth-order valence-electron chi connectivity index (χ4n) is 2.03. The lowest BCUT2D eigenvalue weighted by Crippen LogP contribution is -2.14. The van der Waals surface area contributed by atoms with Gasteiger partial charge in [-0.3, -0.25) is 4.79 Å². The summed E-state index contributed by atoms with van der Waals surface area (Å²) < 4.78 is 3.97. The number of anilines is 1. The van der Waals surface area contributed by atoms with Crippen LogP contribution in [-0.2, 0) is 11.2 Å². The summed E-state index contributed by atoms with van der Waals surface area (Å²) in [6.07, 6.45) is 0.930. The molecule has 2 N–H and O–H groups in total. The molecule has 0 saturated carbocycles. The molecule has 0 aliphatic rings. The van der Waals surface area contributed by atoms with E-state index in [9.17, 15) is 9.59 Å². The third kappa shape index (κ3) is 3.66. The van der Waals surface area contributed by atoms with Gasteiger partial charge in [0.15, 0.2) is 0 Å². The number of aryl methyl sites for hydroxylation is 3. The van der Waals surface area contributed by atoms with Gasteiger partial charge in [0.05, 0.1) is 5.69 Å². The highest BCUT2D eigenvalue weighted by molar-refractivity contribution is 7.11. The van der Waals surface area contributed by atoms with E-state index in [2.05, 4.69) is 9.69 Å². The topological polar surface area (TPSA) is 79.3 Å². The summed E-state index contributed by atoms with van der Waals surface area (Å²) in [4.78, 5) is 23.1. The Morgan fingerprint density at radius 2 is 2.00 bits per heavy atom. The molecule has 0 saturated heterocycles. The monoisotopic (exact) mass is 304 g/mol. The van der Waals surface area contributed by atoms with Crippen molar-refractivity contribution in [2.45, 2.75) is 26.7 Å². The number of carbonyl (C=O) groups is 2. The molecule has 2 aromatic rings. The van der Waals surface area contributed by atoms with E-state index in [1.165, 1.54) is 0 Å². The molecule has 0 aliphatic carbocycles. The lowest BCUT2D eigenvalue weighted by Gasteiger charge is -2.06. The van der Waals surface area contributed by atoms with Crippen molar-refractivity contribution in [3.63, 3.8) is 0 Å². The molecule has 5 nitrogen and oxygen atoms in total. The zero-order valence-electron chi connectivity index (χ0n) is 11.8. The second-order valence-electron chi connectivity index (χ2n) is 4.75. The van der Waals surface area contributed by atoms with E-state index in [1.54, 1.807) is 6.92 Å². The predicted octanol–water partition coefficient (Wildman–Crippen LogP) is 3.03. The number of carboxylic acids is 1. The molecule has 2 rings (SSSR count). The van der Waals surface area contributed by atoms with Gasteiger partial charge in [-0.2, -0.15) is 4.37 Å². The Morgan fingerprint density at radius 1 is 1.29 bits per heavy atom. The summed E-state index contributed by atoms with van der Waals surface area (Å²) in [7, 11) is 0. The molecular weight excluding hydrogens is 288 g/mol. The summed E-state index contributed by atoms with van der Waals surface area (Å²) in [5, 5.41) is 12.0. The largest absolute Gasteiger partial charge is 0.478 e. The van der Waals surface area contributed by atoms with Gasteiger partial charge in [0.25, 0.3) is 0 Å². The molecule has 0 aliphatic heterocycles. The van der Waals surface area contributed by atoms with Crippen LogP contribution in [0.4, 0.5) is 5.00 Å². The smallest absolute Gasteiger partial charge is 0.340 e. The van der Waals surface area contributed by atoms with Crippen LogP contribution in [0.2, 0.25) is 0 Å². The van der Waals surface area contributed by atoms with E-state index in [0.717, 1.165) is 22.7 Å². The first-order chi connectivity index (χ1) is 9.99. The molecule has 0 fully saturated rings. The van der Waals surface area contributed by atoms with E-state index >= 15 is 0 Å². The third-order valence-corrected chi connectivity index (χ3v) is 4.07. The number of aromatic nitrogens is 1. The van der Waals surface area contributed by atoms with Gasteiger partial charge >= 0.3 is 5.97 Å². The Balaban J connectivity index is 2.00. The van der Waals surface area contributed by atoms with Crippen LogP contribution >= 0.6 is 11.5 Å². The Morgan fingerprint density at radius 3 is 2.67 bits per heavy atom. The Labute approximate surface area is 126 Å². The van der Waals surface area contributed by atoms with Crippen molar-refractivity contribution in [1.82, 2.24) is 4.37 Å². The molecule has 1 heterocycles. The minimum atomic E-state index is -1.07. The third-order valence-electron chi connectivity index (χ3n) is 3.21. The molecule has 1 aromatic heterocycles. The summed E-state index contributed by atoms with van der Waals surface area (Å²) in [6, 6.07) is 7.89. The van der Waals surface area contributed by atoms with Crippen LogP contribution in [-0.4, -0.2) is 21.4 Å². The van der Waals surface area contributed by atoms with Crippen LogP contribution in [0.1, 0.15) is 33.6 Å². The van der Waals surface area contributed by atoms with Gasteiger partial charge in [-0.1, -0.05) is 24.3 Å². The molecule has 21 heavy (non-hydrogen) atoms. The fraction of sp³-hybridized carbons (Fsp3) is 0.267. The SMILES string of the molecule is Cc1ccccc1CCC(=O)Nc1snc(C)c1C(=O)O. The fourth-order valence-corrected chi connectivity index (χ4v) is 2.84. The number of rotatable bonds is 5. The van der Waals surface area contributed by atoms with Crippen LogP contribution in [0.3, 0.4) is 0 Å². The zero-order valence-corrected chi connectivity index (χ0v) is 12.7. The van der Waals surface area contributed by atoms with E-state index < -0.39 is 5.97 Å². The summed E-state index contributed by atoms with van der Waals surface area (Å²) >= 11 is 0.995. The highest BCUT2D eigenvalue weighted by Crippen LogP contribution is 2.24. The maximum absolute atomic E-state index is 12.0. The van der Waals surface area contributed by atoms with Gasteiger partial charge in [0, 0.05) is 6.42 Å². The highest BCUT2D eigenvalue weighted by Gasteiger charge is 2.19. The second kappa shape index (κ2) is 6.49. The Bertz CT molecular complexity index is 679. The first-order valence-electron chi connectivity index (χ1n) is 6.53. The molecular formula is C15H16N2O3S. The van der Waals surface area contributed by atoms with E-state index in [-0.39, 0.29) is 11.5 Å². The van der Waals surface area contributed by atoms with Crippen molar-refractivity contribution in [3.05, 3.63) is 46.6 Å². The Kier molecular flexibility index (Phi) is 4.70. The standard InChI is InChI=1S/C15H16N2O3S/c1-9-5-3-4-6-11(9)7-8-12(18)16-14-13(15(19)20)10(2)17-21-14/h3-6H,7-8H2,1-2H3,(H,16,18)(H,19,20). The number of carboxylic acid groups (broad SMARTS) is 1. The molecule has 0 spiro atoms. The number of hydrogen-bond acceptors (Lipinski definition) is 4. The highest BCUT2D eigenvalue weighted by atomic mass is 32.1. The van der Waals surface area contributed by atoms with E-state index in [4.69, 9.17) is 5.11 Å². The lowest BCUT2D eigenvalue weighted by atomic mass is 10.0. The first-order valence-corrected chi connectivity index (χ1v) is 7.30. The average molecular weight is 304 g/mol. The predicted molar refractivity (Wildman–Crippen MR) is 81.9 cm³/mol. The molecule has 110 valence electrons. The van der Waals surface area contributed by atoms with E-state index in [1.807, 2.05) is 31.2 Å². The van der Waals surface area contributed by atoms with Crippen LogP contribution in [0.5, 0.6) is 0 Å². The first kappa shape index (κ1) is 15.2. The maximum Gasteiger partial charge on any atom is 0.340 e. The second-order valence-corrected chi connectivity index (χ2v) is 5.53. The summed E-state index contributed by atoms with van der Waals surface area (Å²) in [6.45, 7) is 3.62. The number of hydrogen-bond donors (Lipinski definition) is 2. The molecule has 6 heteroatoms. The molecule has 0 bridgehead atoms. The molecule has 1 aromatic carbocycles. The van der Waals surface area contributed by atoms with Crippen LogP contribution in [0.15, 0.2) is 24.3 Å². The molecule has 0 radical (unpaired) electrons. The van der Waals surface area contributed by atoms with Gasteiger partial charge in [-0.25, -0.2) is 4.79 Å². The molecule has 0 atom stereocenters. The average Bonchev–Trinajstić information content (AvgIpc) is 2.79. The van der Waals surface area contributed by atoms with Gasteiger partial charge < -0.3 is 10.4 Å². The van der Waals surface area contributed by atoms with Gasteiger partial charge in [-0.15, -0.1) is 0 Å². The van der Waals surface area contributed by atoms with Crippen LogP contribution in [0, 0.1) is 13.8 Å². The number of nitrogens with one attached hydrogen (secondary N) is 1. The van der Waals surface area contributed by atoms with Gasteiger partial charge in [-0.05, 0) is 42.9 Å². The summed E-state index contributed by atoms with van der Waals surface area (Å²) in [5.41, 5.74) is 2.75. The van der Waals surface area contributed by atoms with Gasteiger partial charge in [0.2, 0.25) is 5.91 Å². The van der Waals surface area contributed by atoms with Crippen molar-refractivity contribution in [2.24, 2.45) is 0 Å². The van der Waals surface area contributed by atoms with Crippen molar-refractivity contribution in [2.75, 3.05) is 5.32 Å². The van der Waals surface area contributed by atoms with Crippen molar-refractivity contribution < 1.29 is 14.7 Å². The quantitative estimate of drug-likeness (QED) is 0.890. The van der Waals surface area contributed by atoms with Crippen LogP contribution in [0.25, 0.3) is 0 Å². The number of carbonyl (C=O) groups excluding carboxylic acids is 1. The number of nitrogens with zero attached hydrogens (tertiary/aromatic N) is 1. The molecule has 0 unspecified atom stereocenters. The maximum atomic E-state index is 12.0. The minimum absolute atomic E-state index is 0.0734. The van der Waals surface area contributed by atoms with Crippen LogP contribution < -0.4 is 5.32 Å². The zero-order chi connectivity index (χ0) is 15.4. The van der Waals surface area contributed by atoms with E-state index in [0.29, 0.717) is 23.5 Å². The Hall–Kier alpha value is -2.21. The number of benzene rings is 1. The van der Waals surface area contributed by atoms with Crippen molar-refractivity contribution in [1.29, 1.82) is 0 Å². The van der Waals surface area contributed by atoms with Gasteiger partial charge in [0.1, 0.15) is 10.6 Å². The van der Waals surface area contributed by atoms with Crippen molar-refractivity contribution in [3.8, 4) is 0 Å². The minimum Gasteiger partial charge on any atom is -0.478 e. The normalized spacial score (nSPS) is 10.4. The number of amides is 1. The lowest BCUT2D eigenvalue weighted by molar-refractivity contribution is -0.116.